The number of carbonyl (C=O) groups is 2. The van der Waals surface area contributed by atoms with Gasteiger partial charge in [-0.25, -0.2) is 4.39 Å². The van der Waals surface area contributed by atoms with Gasteiger partial charge in [-0.05, 0) is 51.0 Å². The molecule has 2 rings (SSSR count). The highest BCUT2D eigenvalue weighted by molar-refractivity contribution is 7.99. The number of rotatable bonds is 9. The molecule has 8 heteroatoms. The van der Waals surface area contributed by atoms with Crippen LogP contribution in [0.25, 0.3) is 0 Å². The zero-order chi connectivity index (χ0) is 23.9. The number of thioether (sulfide) groups is 1. The van der Waals surface area contributed by atoms with Crippen LogP contribution in [0.2, 0.25) is 10.0 Å². The minimum Gasteiger partial charge on any atom is -0.350 e. The summed E-state index contributed by atoms with van der Waals surface area (Å²) in [5, 5.41) is 3.82. The average molecular weight is 499 g/mol. The Morgan fingerprint density at radius 1 is 1.09 bits per heavy atom. The molecule has 0 fully saturated rings. The Morgan fingerprint density at radius 3 is 2.28 bits per heavy atom. The predicted molar refractivity (Wildman–Crippen MR) is 132 cm³/mol. The normalized spacial score (nSPS) is 12.3. The summed E-state index contributed by atoms with van der Waals surface area (Å²) < 4.78 is 13.9. The van der Waals surface area contributed by atoms with Gasteiger partial charge in [0.05, 0.1) is 5.75 Å². The molecule has 2 aromatic rings. The number of carbonyl (C=O) groups excluding carboxylic acids is 2. The molecule has 0 aromatic heterocycles. The van der Waals surface area contributed by atoms with E-state index in [0.29, 0.717) is 33.3 Å². The van der Waals surface area contributed by atoms with Crippen LogP contribution in [0.15, 0.2) is 42.5 Å². The van der Waals surface area contributed by atoms with E-state index in [0.717, 1.165) is 0 Å². The number of amides is 2. The highest BCUT2D eigenvalue weighted by atomic mass is 35.5. The van der Waals surface area contributed by atoms with Crippen LogP contribution in [-0.4, -0.2) is 34.0 Å². The molecule has 0 radical (unpaired) electrons. The molecule has 174 valence electrons. The van der Waals surface area contributed by atoms with Crippen molar-refractivity contribution in [3.8, 4) is 0 Å². The van der Waals surface area contributed by atoms with Crippen molar-refractivity contribution in [1.29, 1.82) is 0 Å². The summed E-state index contributed by atoms with van der Waals surface area (Å²) in [5.74, 6) is -0.336. The Balaban J connectivity index is 2.24. The Morgan fingerprint density at radius 2 is 1.72 bits per heavy atom. The molecule has 2 aromatic carbocycles. The third-order valence-corrected chi connectivity index (χ3v) is 6.39. The molecule has 0 aliphatic heterocycles. The first-order valence-corrected chi connectivity index (χ1v) is 12.3. The topological polar surface area (TPSA) is 49.4 Å². The second kappa shape index (κ2) is 11.9. The van der Waals surface area contributed by atoms with Gasteiger partial charge in [0.2, 0.25) is 11.8 Å². The first-order valence-electron chi connectivity index (χ1n) is 10.4. The molecule has 0 saturated heterocycles. The second-order valence-electron chi connectivity index (χ2n) is 8.47. The van der Waals surface area contributed by atoms with Crippen molar-refractivity contribution in [2.24, 2.45) is 0 Å². The maximum Gasteiger partial charge on any atom is 0.243 e. The molecule has 0 bridgehead atoms. The largest absolute Gasteiger partial charge is 0.350 e. The third-order valence-electron chi connectivity index (χ3n) is 4.72. The third kappa shape index (κ3) is 7.68. The van der Waals surface area contributed by atoms with E-state index in [1.54, 1.807) is 36.4 Å². The maximum atomic E-state index is 13.9. The minimum atomic E-state index is -0.692. The smallest absolute Gasteiger partial charge is 0.243 e. The van der Waals surface area contributed by atoms with Gasteiger partial charge >= 0.3 is 0 Å². The number of benzene rings is 2. The van der Waals surface area contributed by atoms with E-state index in [1.807, 2.05) is 27.7 Å². The monoisotopic (exact) mass is 498 g/mol. The van der Waals surface area contributed by atoms with Gasteiger partial charge in [0.25, 0.3) is 0 Å². The SMILES string of the molecule is CC[C@H](C(=O)NC(C)(C)C)N(Cc1c(Cl)cccc1Cl)C(=O)CSCc1ccccc1F. The van der Waals surface area contributed by atoms with Crippen LogP contribution in [0, 0.1) is 5.82 Å². The second-order valence-corrected chi connectivity index (χ2v) is 10.3. The van der Waals surface area contributed by atoms with Gasteiger partial charge < -0.3 is 10.2 Å². The molecule has 0 saturated carbocycles. The van der Waals surface area contributed by atoms with Crippen LogP contribution < -0.4 is 5.32 Å². The first kappa shape index (κ1) is 26.5. The van der Waals surface area contributed by atoms with Crippen LogP contribution in [0.5, 0.6) is 0 Å². The van der Waals surface area contributed by atoms with E-state index >= 15 is 0 Å². The van der Waals surface area contributed by atoms with E-state index in [2.05, 4.69) is 5.32 Å². The van der Waals surface area contributed by atoms with E-state index < -0.39 is 11.6 Å². The van der Waals surface area contributed by atoms with E-state index in [1.165, 1.54) is 22.7 Å². The van der Waals surface area contributed by atoms with Gasteiger partial charge in [-0.1, -0.05) is 54.4 Å². The van der Waals surface area contributed by atoms with Crippen LogP contribution in [-0.2, 0) is 21.9 Å². The zero-order valence-corrected chi connectivity index (χ0v) is 21.1. The molecular formula is C24H29Cl2FN2O2S. The summed E-state index contributed by atoms with van der Waals surface area (Å²) in [6.07, 6.45) is 0.424. The van der Waals surface area contributed by atoms with Crippen molar-refractivity contribution in [3.63, 3.8) is 0 Å². The predicted octanol–water partition coefficient (Wildman–Crippen LogP) is 6.09. The number of nitrogens with one attached hydrogen (secondary N) is 1. The molecule has 0 unspecified atom stereocenters. The molecule has 0 spiro atoms. The summed E-state index contributed by atoms with van der Waals surface area (Å²) in [4.78, 5) is 27.8. The molecule has 1 atom stereocenters. The average Bonchev–Trinajstić information content (AvgIpc) is 2.70. The van der Waals surface area contributed by atoms with Gasteiger partial charge in [-0.3, -0.25) is 9.59 Å². The Kier molecular flexibility index (Phi) is 9.86. The van der Waals surface area contributed by atoms with Crippen molar-refractivity contribution in [2.75, 3.05) is 5.75 Å². The van der Waals surface area contributed by atoms with Gasteiger partial charge in [0.15, 0.2) is 0 Å². The lowest BCUT2D eigenvalue weighted by Gasteiger charge is -2.33. The highest BCUT2D eigenvalue weighted by Gasteiger charge is 2.31. The van der Waals surface area contributed by atoms with E-state index in [4.69, 9.17) is 23.2 Å². The maximum absolute atomic E-state index is 13.9. The minimum absolute atomic E-state index is 0.0930. The highest BCUT2D eigenvalue weighted by Crippen LogP contribution is 2.27. The summed E-state index contributed by atoms with van der Waals surface area (Å²) in [6, 6.07) is 10.9. The van der Waals surface area contributed by atoms with Crippen LogP contribution in [0.3, 0.4) is 0 Å². The summed E-state index contributed by atoms with van der Waals surface area (Å²) >= 11 is 14.0. The fourth-order valence-corrected chi connectivity index (χ4v) is 4.59. The van der Waals surface area contributed by atoms with Crippen molar-refractivity contribution >= 4 is 46.8 Å². The first-order chi connectivity index (χ1) is 15.0. The van der Waals surface area contributed by atoms with Crippen molar-refractivity contribution in [2.45, 2.75) is 58.0 Å². The summed E-state index contributed by atoms with van der Waals surface area (Å²) in [7, 11) is 0. The number of nitrogens with zero attached hydrogens (tertiary/aromatic N) is 1. The molecule has 32 heavy (non-hydrogen) atoms. The standard InChI is InChI=1S/C24H29Cl2FN2O2S/c1-5-21(23(31)28-24(2,3)4)29(13-17-18(25)10-8-11-19(17)26)22(30)15-32-14-16-9-6-7-12-20(16)27/h6-12,21H,5,13-15H2,1-4H3,(H,28,31)/t21-/m1/s1. The molecule has 1 N–H and O–H groups in total. The Hall–Kier alpha value is -1.76. The van der Waals surface area contributed by atoms with Crippen molar-refractivity contribution < 1.29 is 14.0 Å². The van der Waals surface area contributed by atoms with Gasteiger partial charge in [-0.15, -0.1) is 11.8 Å². The molecule has 0 aliphatic rings. The fraction of sp³-hybridized carbons (Fsp3) is 0.417. The van der Waals surface area contributed by atoms with E-state index in [-0.39, 0.29) is 29.9 Å². The number of hydrogen-bond acceptors (Lipinski definition) is 3. The van der Waals surface area contributed by atoms with Crippen molar-refractivity contribution in [1.82, 2.24) is 10.2 Å². The van der Waals surface area contributed by atoms with E-state index in [9.17, 15) is 14.0 Å². The molecular weight excluding hydrogens is 470 g/mol. The summed E-state index contributed by atoms with van der Waals surface area (Å²) in [6.45, 7) is 7.62. The van der Waals surface area contributed by atoms with Crippen molar-refractivity contribution in [3.05, 3.63) is 69.5 Å². The molecule has 0 aliphatic carbocycles. The van der Waals surface area contributed by atoms with Gasteiger partial charge in [0, 0.05) is 33.4 Å². The lowest BCUT2D eigenvalue weighted by molar-refractivity contribution is -0.140. The molecule has 0 heterocycles. The van der Waals surface area contributed by atoms with Crippen LogP contribution >= 0.6 is 35.0 Å². The molecule has 2 amide bonds. The lowest BCUT2D eigenvalue weighted by atomic mass is 10.1. The van der Waals surface area contributed by atoms with Gasteiger partial charge in [-0.2, -0.15) is 0 Å². The molecule has 4 nitrogen and oxygen atoms in total. The lowest BCUT2D eigenvalue weighted by Crippen LogP contribution is -2.53. The summed E-state index contributed by atoms with van der Waals surface area (Å²) in [5.41, 5.74) is 0.676. The Labute approximate surface area is 203 Å². The van der Waals surface area contributed by atoms with Crippen LogP contribution in [0.1, 0.15) is 45.2 Å². The van der Waals surface area contributed by atoms with Crippen LogP contribution in [0.4, 0.5) is 4.39 Å². The quantitative estimate of drug-likeness (QED) is 0.455. The zero-order valence-electron chi connectivity index (χ0n) is 18.8. The fourth-order valence-electron chi connectivity index (χ4n) is 3.17. The Bertz CT molecular complexity index is 930. The number of halogens is 3. The van der Waals surface area contributed by atoms with Gasteiger partial charge in [0.1, 0.15) is 11.9 Å². The number of hydrogen-bond donors (Lipinski definition) is 1.